The lowest BCUT2D eigenvalue weighted by atomic mass is 9.84. The normalized spacial score (nSPS) is 11.6. The van der Waals surface area contributed by atoms with Crippen LogP contribution in [0.3, 0.4) is 0 Å². The van der Waals surface area contributed by atoms with Crippen LogP contribution in [0.5, 0.6) is 0 Å². The Morgan fingerprint density at radius 3 is 1.45 bits per heavy atom. The topological polar surface area (TPSA) is 0 Å². The van der Waals surface area contributed by atoms with E-state index >= 15 is 0 Å². The van der Waals surface area contributed by atoms with E-state index in [0.717, 1.165) is 0 Å². The van der Waals surface area contributed by atoms with Crippen LogP contribution in [-0.4, -0.2) is 0 Å². The summed E-state index contributed by atoms with van der Waals surface area (Å²) >= 11 is 0. The predicted octanol–water partition coefficient (Wildman–Crippen LogP) is 12.5. The van der Waals surface area contributed by atoms with Gasteiger partial charge in [0, 0.05) is 0 Å². The van der Waals surface area contributed by atoms with E-state index in [9.17, 15) is 0 Å². The fourth-order valence-corrected chi connectivity index (χ4v) is 7.11. The quantitative estimate of drug-likeness (QED) is 0.150. The molecular formula is C44H28. The third kappa shape index (κ3) is 3.92. The van der Waals surface area contributed by atoms with Crippen molar-refractivity contribution in [3.63, 3.8) is 0 Å². The molecule has 0 heterocycles. The van der Waals surface area contributed by atoms with Crippen molar-refractivity contribution in [1.82, 2.24) is 0 Å². The molecule has 44 heavy (non-hydrogen) atoms. The van der Waals surface area contributed by atoms with Gasteiger partial charge in [-0.05, 0) is 105 Å². The summed E-state index contributed by atoms with van der Waals surface area (Å²) in [5.41, 5.74) is 7.51. The average molecular weight is 557 g/mol. The van der Waals surface area contributed by atoms with E-state index in [2.05, 4.69) is 170 Å². The van der Waals surface area contributed by atoms with E-state index in [1.54, 1.807) is 0 Å². The summed E-state index contributed by atoms with van der Waals surface area (Å²) < 4.78 is 0. The van der Waals surface area contributed by atoms with Gasteiger partial charge in [-0.15, -0.1) is 0 Å². The summed E-state index contributed by atoms with van der Waals surface area (Å²) in [6.07, 6.45) is 0. The van der Waals surface area contributed by atoms with Gasteiger partial charge in [0.05, 0.1) is 0 Å². The molecule has 0 unspecified atom stereocenters. The van der Waals surface area contributed by atoms with Gasteiger partial charge in [0.25, 0.3) is 0 Å². The van der Waals surface area contributed by atoms with E-state index in [1.165, 1.54) is 87.2 Å². The van der Waals surface area contributed by atoms with Crippen molar-refractivity contribution in [2.75, 3.05) is 0 Å². The lowest BCUT2D eigenvalue weighted by Gasteiger charge is -2.19. The van der Waals surface area contributed by atoms with Crippen LogP contribution >= 0.6 is 0 Å². The van der Waals surface area contributed by atoms with Gasteiger partial charge in [-0.2, -0.15) is 0 Å². The van der Waals surface area contributed by atoms with Gasteiger partial charge in [-0.1, -0.05) is 152 Å². The SMILES string of the molecule is c1ccc(-c2ccc3c(-c4ccc5ccccc5c4)c4ccccc4c(-c4ccc5ccc6ccccc6c5c4)c3c2)cc1. The molecule has 0 saturated heterocycles. The van der Waals surface area contributed by atoms with Crippen LogP contribution in [-0.2, 0) is 0 Å². The van der Waals surface area contributed by atoms with Crippen molar-refractivity contribution >= 4 is 53.9 Å². The molecule has 0 heteroatoms. The highest BCUT2D eigenvalue weighted by atomic mass is 14.2. The lowest BCUT2D eigenvalue weighted by molar-refractivity contribution is 1.64. The van der Waals surface area contributed by atoms with Crippen LogP contribution in [0.15, 0.2) is 170 Å². The van der Waals surface area contributed by atoms with E-state index in [1.807, 2.05) is 0 Å². The zero-order chi connectivity index (χ0) is 29.0. The first kappa shape index (κ1) is 24.8. The molecule has 9 aromatic carbocycles. The fraction of sp³-hybridized carbons (Fsp3) is 0. The molecule has 204 valence electrons. The Labute approximate surface area is 256 Å². The largest absolute Gasteiger partial charge is 0.0622 e. The van der Waals surface area contributed by atoms with Crippen LogP contribution in [0, 0.1) is 0 Å². The van der Waals surface area contributed by atoms with E-state index in [-0.39, 0.29) is 0 Å². The van der Waals surface area contributed by atoms with Crippen molar-refractivity contribution in [3.05, 3.63) is 170 Å². The Kier molecular flexibility index (Phi) is 5.61. The van der Waals surface area contributed by atoms with Crippen LogP contribution in [0.25, 0.3) is 87.2 Å². The molecule has 0 aromatic heterocycles. The molecule has 0 saturated carbocycles. The Bertz CT molecular complexity index is 2540. The molecular weight excluding hydrogens is 528 g/mol. The Hall–Kier alpha value is -5.72. The standard InChI is InChI=1S/C44H28/c1-2-10-29(11-3-1)34-24-25-40-42(27-34)44(36-23-21-32-20-19-31-13-6-7-15-37(31)41(32)28-36)39-17-9-8-16-38(39)43(40)35-22-18-30-12-4-5-14-33(30)26-35/h1-28H. The van der Waals surface area contributed by atoms with Gasteiger partial charge < -0.3 is 0 Å². The second kappa shape index (κ2) is 9.93. The first-order valence-electron chi connectivity index (χ1n) is 15.3. The first-order chi connectivity index (χ1) is 21.8. The minimum atomic E-state index is 1.23. The Morgan fingerprint density at radius 2 is 0.682 bits per heavy atom. The predicted molar refractivity (Wildman–Crippen MR) is 190 cm³/mol. The fourth-order valence-electron chi connectivity index (χ4n) is 7.11. The molecule has 0 aliphatic rings. The highest BCUT2D eigenvalue weighted by molar-refractivity contribution is 6.23. The van der Waals surface area contributed by atoms with E-state index < -0.39 is 0 Å². The summed E-state index contributed by atoms with van der Waals surface area (Å²) in [7, 11) is 0. The van der Waals surface area contributed by atoms with Crippen molar-refractivity contribution in [2.45, 2.75) is 0 Å². The number of rotatable bonds is 3. The maximum atomic E-state index is 2.41. The van der Waals surface area contributed by atoms with Crippen molar-refractivity contribution < 1.29 is 0 Å². The molecule has 0 spiro atoms. The van der Waals surface area contributed by atoms with Crippen LogP contribution in [0.1, 0.15) is 0 Å². The molecule has 0 bridgehead atoms. The number of hydrogen-bond acceptors (Lipinski definition) is 0. The van der Waals surface area contributed by atoms with E-state index in [0.29, 0.717) is 0 Å². The Morgan fingerprint density at radius 1 is 0.205 bits per heavy atom. The second-order valence-electron chi connectivity index (χ2n) is 11.7. The minimum Gasteiger partial charge on any atom is -0.0622 e. The molecule has 9 rings (SSSR count). The summed E-state index contributed by atoms with van der Waals surface area (Å²) in [5.74, 6) is 0. The van der Waals surface area contributed by atoms with Crippen molar-refractivity contribution in [1.29, 1.82) is 0 Å². The summed E-state index contributed by atoms with van der Waals surface area (Å²) in [4.78, 5) is 0. The van der Waals surface area contributed by atoms with Gasteiger partial charge in [0.1, 0.15) is 0 Å². The second-order valence-corrected chi connectivity index (χ2v) is 11.7. The number of hydrogen-bond donors (Lipinski definition) is 0. The Balaban J connectivity index is 1.42. The molecule has 0 N–H and O–H groups in total. The maximum Gasteiger partial charge on any atom is -0.00259 e. The highest BCUT2D eigenvalue weighted by Gasteiger charge is 2.18. The van der Waals surface area contributed by atoms with Gasteiger partial charge in [-0.3, -0.25) is 0 Å². The molecule has 0 amide bonds. The minimum absolute atomic E-state index is 1.23. The van der Waals surface area contributed by atoms with Crippen molar-refractivity contribution in [2.24, 2.45) is 0 Å². The van der Waals surface area contributed by atoms with Crippen LogP contribution in [0.4, 0.5) is 0 Å². The lowest BCUT2D eigenvalue weighted by Crippen LogP contribution is -1.92. The van der Waals surface area contributed by atoms with E-state index in [4.69, 9.17) is 0 Å². The smallest absolute Gasteiger partial charge is 0.00259 e. The molecule has 0 radical (unpaired) electrons. The molecule has 0 aliphatic heterocycles. The molecule has 0 nitrogen and oxygen atoms in total. The average Bonchev–Trinajstić information content (AvgIpc) is 3.10. The summed E-state index contributed by atoms with van der Waals surface area (Å²) in [5, 5.41) is 12.7. The number of benzene rings is 9. The molecule has 0 atom stereocenters. The van der Waals surface area contributed by atoms with Gasteiger partial charge in [0.2, 0.25) is 0 Å². The highest BCUT2D eigenvalue weighted by Crippen LogP contribution is 2.46. The molecule has 0 aliphatic carbocycles. The molecule has 9 aromatic rings. The first-order valence-corrected chi connectivity index (χ1v) is 15.3. The zero-order valence-electron chi connectivity index (χ0n) is 24.2. The zero-order valence-corrected chi connectivity index (χ0v) is 24.2. The van der Waals surface area contributed by atoms with Gasteiger partial charge in [0.15, 0.2) is 0 Å². The van der Waals surface area contributed by atoms with Crippen LogP contribution < -0.4 is 0 Å². The molecule has 0 fully saturated rings. The van der Waals surface area contributed by atoms with Gasteiger partial charge in [-0.25, -0.2) is 0 Å². The third-order valence-electron chi connectivity index (χ3n) is 9.20. The summed E-state index contributed by atoms with van der Waals surface area (Å²) in [6, 6.07) is 62.4. The van der Waals surface area contributed by atoms with Crippen molar-refractivity contribution in [3.8, 4) is 33.4 Å². The number of fused-ring (bicyclic) bond motifs is 6. The monoisotopic (exact) mass is 556 g/mol. The van der Waals surface area contributed by atoms with Crippen LogP contribution in [0.2, 0.25) is 0 Å². The third-order valence-corrected chi connectivity index (χ3v) is 9.20. The maximum absolute atomic E-state index is 2.41. The van der Waals surface area contributed by atoms with Gasteiger partial charge >= 0.3 is 0 Å². The summed E-state index contributed by atoms with van der Waals surface area (Å²) in [6.45, 7) is 0.